The summed E-state index contributed by atoms with van der Waals surface area (Å²) in [5.41, 5.74) is 2.69. The van der Waals surface area contributed by atoms with Gasteiger partial charge in [0.2, 0.25) is 0 Å². The minimum absolute atomic E-state index is 0.408. The lowest BCUT2D eigenvalue weighted by Gasteiger charge is -2.34. The molecule has 0 bridgehead atoms. The van der Waals surface area contributed by atoms with Crippen molar-refractivity contribution in [3.05, 3.63) is 35.4 Å². The normalized spacial score (nSPS) is 16.7. The number of piperidine rings is 1. The Balaban J connectivity index is 1.91. The molecular formula is C19H32N4O. The van der Waals surface area contributed by atoms with Gasteiger partial charge in [-0.1, -0.05) is 24.3 Å². The molecule has 1 aromatic carbocycles. The van der Waals surface area contributed by atoms with E-state index in [4.69, 9.17) is 4.74 Å². The summed E-state index contributed by atoms with van der Waals surface area (Å²) in [5, 5.41) is 3.53. The maximum absolute atomic E-state index is 5.73. The van der Waals surface area contributed by atoms with Gasteiger partial charge in [-0.25, -0.2) is 0 Å². The Kier molecular flexibility index (Phi) is 7.53. The fourth-order valence-electron chi connectivity index (χ4n) is 3.20. The highest BCUT2D eigenvalue weighted by Gasteiger charge is 2.21. The van der Waals surface area contributed by atoms with E-state index in [1.54, 1.807) is 0 Å². The molecule has 1 aliphatic heterocycles. The van der Waals surface area contributed by atoms with Crippen LogP contribution in [0.4, 0.5) is 0 Å². The molecule has 0 spiro atoms. The topological polar surface area (TPSA) is 40.1 Å². The third kappa shape index (κ3) is 5.49. The first-order chi connectivity index (χ1) is 11.6. The molecule has 0 amide bonds. The Bertz CT molecular complexity index is 522. The number of rotatable bonds is 6. The second-order valence-electron chi connectivity index (χ2n) is 6.55. The maximum atomic E-state index is 5.73. The van der Waals surface area contributed by atoms with Crippen LogP contribution in [0.1, 0.15) is 30.9 Å². The van der Waals surface area contributed by atoms with Crippen LogP contribution in [0.3, 0.4) is 0 Å². The molecule has 1 saturated heterocycles. The van der Waals surface area contributed by atoms with Crippen molar-refractivity contribution >= 4 is 5.96 Å². The van der Waals surface area contributed by atoms with Crippen molar-refractivity contribution in [1.29, 1.82) is 0 Å². The predicted molar refractivity (Wildman–Crippen MR) is 100 cm³/mol. The summed E-state index contributed by atoms with van der Waals surface area (Å²) in [5.74, 6) is 0.990. The quantitative estimate of drug-likeness (QED) is 0.641. The average Bonchev–Trinajstić information content (AvgIpc) is 2.58. The lowest BCUT2D eigenvalue weighted by molar-refractivity contribution is 0.0263. The number of aliphatic imine (C=N–C) groups is 1. The van der Waals surface area contributed by atoms with Gasteiger partial charge in [0.05, 0.1) is 6.10 Å². The van der Waals surface area contributed by atoms with Gasteiger partial charge in [-0.2, -0.15) is 0 Å². The zero-order chi connectivity index (χ0) is 17.4. The van der Waals surface area contributed by atoms with Gasteiger partial charge in [-0.15, -0.1) is 0 Å². The summed E-state index contributed by atoms with van der Waals surface area (Å²) in [6, 6.07) is 8.61. The van der Waals surface area contributed by atoms with Gasteiger partial charge >= 0.3 is 0 Å². The lowest BCUT2D eigenvalue weighted by atomic mass is 10.1. The van der Waals surface area contributed by atoms with Gasteiger partial charge in [0.15, 0.2) is 5.96 Å². The van der Waals surface area contributed by atoms with Gasteiger partial charge in [0.25, 0.3) is 0 Å². The molecular weight excluding hydrogens is 300 g/mol. The van der Waals surface area contributed by atoms with Crippen LogP contribution in [0.5, 0.6) is 0 Å². The van der Waals surface area contributed by atoms with Gasteiger partial charge in [0.1, 0.15) is 0 Å². The Morgan fingerprint density at radius 2 is 1.92 bits per heavy atom. The van der Waals surface area contributed by atoms with Crippen molar-refractivity contribution in [1.82, 2.24) is 15.1 Å². The second-order valence-corrected chi connectivity index (χ2v) is 6.55. The van der Waals surface area contributed by atoms with Crippen LogP contribution in [0.25, 0.3) is 0 Å². The van der Waals surface area contributed by atoms with Crippen molar-refractivity contribution in [2.24, 2.45) is 4.99 Å². The molecule has 0 unspecified atom stereocenters. The Morgan fingerprint density at radius 1 is 1.25 bits per heavy atom. The molecule has 5 heteroatoms. The Hall–Kier alpha value is -1.59. The molecule has 134 valence electrons. The van der Waals surface area contributed by atoms with E-state index in [1.165, 1.54) is 11.1 Å². The predicted octanol–water partition coefficient (Wildman–Crippen LogP) is 2.32. The second kappa shape index (κ2) is 9.64. The molecule has 1 fully saturated rings. The van der Waals surface area contributed by atoms with Crippen LogP contribution < -0.4 is 5.32 Å². The van der Waals surface area contributed by atoms with Gasteiger partial charge < -0.3 is 19.9 Å². The summed E-state index contributed by atoms with van der Waals surface area (Å²) < 4.78 is 5.73. The molecule has 5 nitrogen and oxygen atoms in total. The number of benzene rings is 1. The van der Waals surface area contributed by atoms with E-state index in [-0.39, 0.29) is 0 Å². The smallest absolute Gasteiger partial charge is 0.193 e. The number of likely N-dealkylation sites (tertiary alicyclic amines) is 1. The Labute approximate surface area is 146 Å². The summed E-state index contributed by atoms with van der Waals surface area (Å²) in [6.07, 6.45) is 2.56. The molecule has 1 aromatic rings. The first kappa shape index (κ1) is 18.7. The van der Waals surface area contributed by atoms with Crippen molar-refractivity contribution in [2.75, 3.05) is 40.8 Å². The number of nitrogens with one attached hydrogen (secondary N) is 1. The maximum Gasteiger partial charge on any atom is 0.193 e. The zero-order valence-corrected chi connectivity index (χ0v) is 15.6. The van der Waals surface area contributed by atoms with Crippen molar-refractivity contribution < 1.29 is 4.74 Å². The minimum Gasteiger partial charge on any atom is -0.378 e. The lowest BCUT2D eigenvalue weighted by Crippen LogP contribution is -2.46. The standard InChI is InChI=1S/C19H32N4O/c1-5-24-18-10-12-23(13-11-18)19(20-2)21-14-16-8-6-7-9-17(16)15-22(3)4/h6-9,18H,5,10-15H2,1-4H3,(H,20,21). The molecule has 0 radical (unpaired) electrons. The van der Waals surface area contributed by atoms with E-state index in [1.807, 2.05) is 7.05 Å². The van der Waals surface area contributed by atoms with Gasteiger partial charge in [0, 0.05) is 39.8 Å². The summed E-state index contributed by atoms with van der Waals surface area (Å²) in [7, 11) is 6.07. The fraction of sp³-hybridized carbons (Fsp3) is 0.632. The molecule has 24 heavy (non-hydrogen) atoms. The first-order valence-corrected chi connectivity index (χ1v) is 8.92. The third-order valence-corrected chi connectivity index (χ3v) is 4.40. The molecule has 0 saturated carbocycles. The largest absolute Gasteiger partial charge is 0.378 e. The van der Waals surface area contributed by atoms with E-state index in [2.05, 4.69) is 65.4 Å². The molecule has 2 rings (SSSR count). The summed E-state index contributed by atoms with van der Waals surface area (Å²) in [6.45, 7) is 6.64. The SMILES string of the molecule is CCOC1CCN(C(=NC)NCc2ccccc2CN(C)C)CC1. The van der Waals surface area contributed by atoms with Crippen LogP contribution in [0.2, 0.25) is 0 Å². The van der Waals surface area contributed by atoms with Gasteiger partial charge in [-0.05, 0) is 45.0 Å². The van der Waals surface area contributed by atoms with Crippen molar-refractivity contribution in [2.45, 2.75) is 39.0 Å². The number of nitrogens with zero attached hydrogens (tertiary/aromatic N) is 3. The molecule has 1 N–H and O–H groups in total. The molecule has 0 aromatic heterocycles. The highest BCUT2D eigenvalue weighted by Crippen LogP contribution is 2.14. The molecule has 1 heterocycles. The highest BCUT2D eigenvalue weighted by molar-refractivity contribution is 5.80. The van der Waals surface area contributed by atoms with Crippen molar-refractivity contribution in [3.8, 4) is 0 Å². The third-order valence-electron chi connectivity index (χ3n) is 4.40. The van der Waals surface area contributed by atoms with E-state index < -0.39 is 0 Å². The first-order valence-electron chi connectivity index (χ1n) is 8.92. The average molecular weight is 332 g/mol. The van der Waals surface area contributed by atoms with Crippen molar-refractivity contribution in [3.63, 3.8) is 0 Å². The van der Waals surface area contributed by atoms with Crippen LogP contribution in [-0.2, 0) is 17.8 Å². The van der Waals surface area contributed by atoms with Crippen LogP contribution in [0.15, 0.2) is 29.3 Å². The molecule has 0 aliphatic carbocycles. The number of hydrogen-bond acceptors (Lipinski definition) is 3. The van der Waals surface area contributed by atoms with E-state index in [0.29, 0.717) is 6.10 Å². The monoisotopic (exact) mass is 332 g/mol. The number of hydrogen-bond donors (Lipinski definition) is 1. The molecule has 1 aliphatic rings. The van der Waals surface area contributed by atoms with Crippen LogP contribution >= 0.6 is 0 Å². The Morgan fingerprint density at radius 3 is 2.50 bits per heavy atom. The van der Waals surface area contributed by atoms with Gasteiger partial charge in [-0.3, -0.25) is 4.99 Å². The summed E-state index contributed by atoms with van der Waals surface area (Å²) >= 11 is 0. The molecule has 0 atom stereocenters. The number of guanidine groups is 1. The van der Waals surface area contributed by atoms with Crippen LogP contribution in [-0.4, -0.2) is 62.7 Å². The van der Waals surface area contributed by atoms with E-state index in [0.717, 1.165) is 51.6 Å². The van der Waals surface area contributed by atoms with Crippen LogP contribution in [0, 0.1) is 0 Å². The highest BCUT2D eigenvalue weighted by atomic mass is 16.5. The fourth-order valence-corrected chi connectivity index (χ4v) is 3.20. The summed E-state index contributed by atoms with van der Waals surface area (Å²) in [4.78, 5) is 9.01. The zero-order valence-electron chi connectivity index (χ0n) is 15.6. The minimum atomic E-state index is 0.408. The van der Waals surface area contributed by atoms with E-state index >= 15 is 0 Å². The van der Waals surface area contributed by atoms with E-state index in [9.17, 15) is 0 Å². The number of ether oxygens (including phenoxy) is 1.